The monoisotopic (exact) mass is 487 g/mol. The number of amides is 4. The normalized spacial score (nSPS) is 15.4. The smallest absolute Gasteiger partial charge is 0.326 e. The molecule has 194 valence electrons. The van der Waals surface area contributed by atoms with Crippen LogP contribution < -0.4 is 27.4 Å². The summed E-state index contributed by atoms with van der Waals surface area (Å²) >= 11 is 0. The van der Waals surface area contributed by atoms with E-state index in [-0.39, 0.29) is 31.1 Å². The van der Waals surface area contributed by atoms with Crippen LogP contribution >= 0.6 is 0 Å². The molecule has 0 spiro atoms. The largest absolute Gasteiger partial charge is 0.481 e. The van der Waals surface area contributed by atoms with Gasteiger partial charge in [0.1, 0.15) is 18.1 Å². The fourth-order valence-corrected chi connectivity index (χ4v) is 3.01. The number of hydrogen-bond donors (Lipinski definition) is 7. The summed E-state index contributed by atoms with van der Waals surface area (Å²) in [4.78, 5) is 71.6. The molecule has 5 unspecified atom stereocenters. The van der Waals surface area contributed by atoms with Crippen molar-refractivity contribution in [3.8, 4) is 0 Å². The van der Waals surface area contributed by atoms with Gasteiger partial charge in [0.15, 0.2) is 0 Å². The number of nitrogens with two attached hydrogens (primary N) is 2. The van der Waals surface area contributed by atoms with Crippen molar-refractivity contribution in [2.45, 2.75) is 84.0 Å². The van der Waals surface area contributed by atoms with Crippen LogP contribution in [0.3, 0.4) is 0 Å². The summed E-state index contributed by atoms with van der Waals surface area (Å²) in [5.41, 5.74) is 10.8. The van der Waals surface area contributed by atoms with Gasteiger partial charge >= 0.3 is 11.9 Å². The second-order valence-corrected chi connectivity index (χ2v) is 8.67. The van der Waals surface area contributed by atoms with Crippen LogP contribution in [0.25, 0.3) is 0 Å². The zero-order valence-electron chi connectivity index (χ0n) is 20.0. The Balaban J connectivity index is 5.54. The number of carbonyl (C=O) groups is 6. The Morgan fingerprint density at radius 1 is 0.853 bits per heavy atom. The Hall–Kier alpha value is -3.22. The quantitative estimate of drug-likeness (QED) is 0.137. The maximum absolute atomic E-state index is 12.8. The fourth-order valence-electron chi connectivity index (χ4n) is 3.01. The molecule has 0 bridgehead atoms. The number of hydrogen-bond acceptors (Lipinski definition) is 7. The molecule has 9 N–H and O–H groups in total. The minimum atomic E-state index is -1.46. The van der Waals surface area contributed by atoms with E-state index in [1.807, 2.05) is 0 Å². The summed E-state index contributed by atoms with van der Waals surface area (Å²) in [5, 5.41) is 25.3. The summed E-state index contributed by atoms with van der Waals surface area (Å²) in [6, 6.07) is -5.03. The molecule has 0 aliphatic heterocycles. The topological polar surface area (TPSA) is 231 Å². The maximum Gasteiger partial charge on any atom is 0.326 e. The molecule has 0 radical (unpaired) electrons. The first-order valence-corrected chi connectivity index (χ1v) is 11.1. The van der Waals surface area contributed by atoms with E-state index in [2.05, 4.69) is 16.0 Å². The predicted octanol–water partition coefficient (Wildman–Crippen LogP) is -1.31. The highest BCUT2D eigenvalue weighted by Crippen LogP contribution is 2.11. The van der Waals surface area contributed by atoms with Crippen molar-refractivity contribution in [2.24, 2.45) is 23.3 Å². The molecule has 4 amide bonds. The zero-order chi connectivity index (χ0) is 26.6. The van der Waals surface area contributed by atoms with Crippen molar-refractivity contribution in [1.29, 1.82) is 0 Å². The molecule has 0 aliphatic rings. The van der Waals surface area contributed by atoms with Crippen LogP contribution in [-0.2, 0) is 28.8 Å². The van der Waals surface area contributed by atoms with Crippen LogP contribution in [0, 0.1) is 11.8 Å². The molecular formula is C21H37N5O8. The fraction of sp³-hybridized carbons (Fsp3) is 0.714. The van der Waals surface area contributed by atoms with Gasteiger partial charge in [-0.05, 0) is 24.7 Å². The Morgan fingerprint density at radius 3 is 1.82 bits per heavy atom. The third-order valence-corrected chi connectivity index (χ3v) is 5.16. The molecule has 34 heavy (non-hydrogen) atoms. The molecule has 0 aliphatic carbocycles. The molecule has 0 saturated carbocycles. The Morgan fingerprint density at radius 2 is 1.38 bits per heavy atom. The average molecular weight is 488 g/mol. The van der Waals surface area contributed by atoms with Crippen LogP contribution in [0.4, 0.5) is 0 Å². The van der Waals surface area contributed by atoms with Gasteiger partial charge in [0.25, 0.3) is 0 Å². The molecule has 13 nitrogen and oxygen atoms in total. The van der Waals surface area contributed by atoms with Gasteiger partial charge in [-0.2, -0.15) is 0 Å². The van der Waals surface area contributed by atoms with Gasteiger partial charge in [-0.15, -0.1) is 0 Å². The lowest BCUT2D eigenvalue weighted by Crippen LogP contribution is -2.58. The second kappa shape index (κ2) is 14.8. The van der Waals surface area contributed by atoms with E-state index in [4.69, 9.17) is 16.6 Å². The van der Waals surface area contributed by atoms with E-state index in [1.165, 1.54) is 0 Å². The molecule has 5 atom stereocenters. The van der Waals surface area contributed by atoms with Crippen molar-refractivity contribution in [3.05, 3.63) is 0 Å². The van der Waals surface area contributed by atoms with Gasteiger partial charge in [-0.1, -0.05) is 34.1 Å². The Kier molecular flexibility index (Phi) is 13.4. The van der Waals surface area contributed by atoms with Gasteiger partial charge < -0.3 is 37.6 Å². The third kappa shape index (κ3) is 11.6. The number of primary amides is 1. The minimum Gasteiger partial charge on any atom is -0.481 e. The van der Waals surface area contributed by atoms with Gasteiger partial charge in [-0.25, -0.2) is 4.79 Å². The highest BCUT2D eigenvalue weighted by atomic mass is 16.4. The molecule has 0 rings (SSSR count). The highest BCUT2D eigenvalue weighted by Gasteiger charge is 2.32. The molecule has 0 saturated heterocycles. The van der Waals surface area contributed by atoms with Crippen molar-refractivity contribution in [3.63, 3.8) is 0 Å². The Labute approximate surface area is 198 Å². The van der Waals surface area contributed by atoms with Crippen LogP contribution in [0.1, 0.15) is 59.8 Å². The summed E-state index contributed by atoms with van der Waals surface area (Å²) < 4.78 is 0. The van der Waals surface area contributed by atoms with Crippen molar-refractivity contribution >= 4 is 35.6 Å². The van der Waals surface area contributed by atoms with Crippen molar-refractivity contribution in [2.75, 3.05) is 0 Å². The number of nitrogens with one attached hydrogen (secondary N) is 3. The zero-order valence-corrected chi connectivity index (χ0v) is 20.0. The van der Waals surface area contributed by atoms with Gasteiger partial charge in [-0.3, -0.25) is 24.0 Å². The lowest BCUT2D eigenvalue weighted by Gasteiger charge is -2.27. The van der Waals surface area contributed by atoms with Crippen LogP contribution in [0.5, 0.6) is 0 Å². The predicted molar refractivity (Wildman–Crippen MR) is 121 cm³/mol. The van der Waals surface area contributed by atoms with Crippen LogP contribution in [0.15, 0.2) is 0 Å². The summed E-state index contributed by atoms with van der Waals surface area (Å²) in [6.07, 6.45) is -0.521. The van der Waals surface area contributed by atoms with Crippen LogP contribution in [0.2, 0.25) is 0 Å². The van der Waals surface area contributed by atoms with E-state index in [0.29, 0.717) is 6.42 Å². The molecule has 0 aromatic rings. The molecular weight excluding hydrogens is 450 g/mol. The third-order valence-electron chi connectivity index (χ3n) is 5.16. The SMILES string of the molecule is CCC(C)C(NC(=O)C(CC(C)C)NC(=O)C(CC(N)=O)NC(=O)C(N)CCC(=O)O)C(=O)O. The van der Waals surface area contributed by atoms with Crippen LogP contribution in [-0.4, -0.2) is 69.9 Å². The summed E-state index contributed by atoms with van der Waals surface area (Å²) in [7, 11) is 0. The summed E-state index contributed by atoms with van der Waals surface area (Å²) in [5.74, 6) is -6.21. The van der Waals surface area contributed by atoms with Crippen molar-refractivity contribution < 1.29 is 39.0 Å². The first-order valence-electron chi connectivity index (χ1n) is 11.1. The van der Waals surface area contributed by atoms with E-state index in [9.17, 15) is 33.9 Å². The number of carboxylic acids is 2. The average Bonchev–Trinajstić information content (AvgIpc) is 2.72. The minimum absolute atomic E-state index is 0.0726. The molecule has 0 aromatic heterocycles. The molecule has 13 heteroatoms. The number of rotatable bonds is 16. The van der Waals surface area contributed by atoms with E-state index in [0.717, 1.165) is 0 Å². The first-order chi connectivity index (χ1) is 15.7. The Bertz CT molecular complexity index is 757. The number of aliphatic carboxylic acids is 2. The molecule has 0 heterocycles. The lowest BCUT2D eigenvalue weighted by atomic mass is 9.97. The van der Waals surface area contributed by atoms with Gasteiger partial charge in [0.2, 0.25) is 23.6 Å². The van der Waals surface area contributed by atoms with Gasteiger partial charge in [0, 0.05) is 6.42 Å². The van der Waals surface area contributed by atoms with E-state index in [1.54, 1.807) is 27.7 Å². The standard InChI is InChI=1S/C21H37N5O8/c1-5-11(4)17(21(33)34)26-20(32)13(8-10(2)3)25-19(31)14(9-15(23)27)24-18(30)12(22)6-7-16(28)29/h10-14,17H,5-9,22H2,1-4H3,(H2,23,27)(H,24,30)(H,25,31)(H,26,32)(H,28,29)(H,33,34). The van der Waals surface area contributed by atoms with E-state index < -0.39 is 66.2 Å². The van der Waals surface area contributed by atoms with Crippen molar-refractivity contribution in [1.82, 2.24) is 16.0 Å². The number of carbonyl (C=O) groups excluding carboxylic acids is 4. The second-order valence-electron chi connectivity index (χ2n) is 8.67. The van der Waals surface area contributed by atoms with E-state index >= 15 is 0 Å². The first kappa shape index (κ1) is 30.8. The lowest BCUT2D eigenvalue weighted by molar-refractivity contribution is -0.144. The highest BCUT2D eigenvalue weighted by molar-refractivity contribution is 5.96. The molecule has 0 aromatic carbocycles. The summed E-state index contributed by atoms with van der Waals surface area (Å²) in [6.45, 7) is 7.03. The maximum atomic E-state index is 12.8. The number of carboxylic acid groups (broad SMARTS) is 2. The van der Waals surface area contributed by atoms with Gasteiger partial charge in [0.05, 0.1) is 12.5 Å². The molecule has 0 fully saturated rings.